The topological polar surface area (TPSA) is 131 Å². The maximum absolute atomic E-state index is 11.8. The number of carboxylic acid groups (broad SMARTS) is 1. The standard InChI is InChI=1S/C27H38N6O4/c1-4-22(34)29-19-10-12-27(13-11-19)14-21(32-37-27)20-15-28-25-23(16(3)31-33(25)5-2)24(20)30-18-8-6-17(7-9-18)26(35)36/h15,17-19H,4-14H2,1-3H3,(H,28,30)(H,29,34)(H,35,36). The van der Waals surface area contributed by atoms with Gasteiger partial charge in [-0.05, 0) is 65.2 Å². The number of fused-ring (bicyclic) bond motifs is 1. The first-order chi connectivity index (χ1) is 17.8. The molecule has 2 aromatic rings. The van der Waals surface area contributed by atoms with E-state index in [9.17, 15) is 14.7 Å². The fourth-order valence-electron chi connectivity index (χ4n) is 6.15. The number of rotatable bonds is 7. The number of carbonyl (C=O) groups is 2. The van der Waals surface area contributed by atoms with E-state index in [-0.39, 0.29) is 29.5 Å². The first-order valence-corrected chi connectivity index (χ1v) is 13.7. The van der Waals surface area contributed by atoms with Gasteiger partial charge in [0, 0.05) is 43.2 Å². The van der Waals surface area contributed by atoms with Crippen LogP contribution in [0.25, 0.3) is 11.0 Å². The third kappa shape index (κ3) is 5.02. The van der Waals surface area contributed by atoms with Crippen molar-refractivity contribution in [2.45, 2.75) is 109 Å². The second kappa shape index (κ2) is 10.3. The van der Waals surface area contributed by atoms with E-state index in [0.29, 0.717) is 25.7 Å². The molecule has 5 rings (SSSR count). The summed E-state index contributed by atoms with van der Waals surface area (Å²) in [5, 5.41) is 26.6. The molecule has 10 nitrogen and oxygen atoms in total. The van der Waals surface area contributed by atoms with Gasteiger partial charge in [0.05, 0.1) is 28.4 Å². The van der Waals surface area contributed by atoms with Crippen molar-refractivity contribution in [1.82, 2.24) is 20.1 Å². The fraction of sp³-hybridized carbons (Fsp3) is 0.667. The van der Waals surface area contributed by atoms with Crippen LogP contribution in [-0.2, 0) is 21.0 Å². The molecule has 1 aliphatic heterocycles. The summed E-state index contributed by atoms with van der Waals surface area (Å²) in [4.78, 5) is 34.2. The second-order valence-electron chi connectivity index (χ2n) is 10.9. The molecule has 2 saturated carbocycles. The number of aryl methyl sites for hydroxylation is 2. The molecule has 3 aliphatic rings. The highest BCUT2D eigenvalue weighted by Crippen LogP contribution is 2.42. The van der Waals surface area contributed by atoms with Gasteiger partial charge in [0.2, 0.25) is 5.91 Å². The average molecular weight is 511 g/mol. The summed E-state index contributed by atoms with van der Waals surface area (Å²) in [5.41, 5.74) is 4.21. The number of carboxylic acids is 1. The lowest BCUT2D eigenvalue weighted by atomic mass is 9.78. The van der Waals surface area contributed by atoms with E-state index in [0.717, 1.165) is 78.8 Å². The summed E-state index contributed by atoms with van der Waals surface area (Å²) < 4.78 is 1.92. The van der Waals surface area contributed by atoms with Crippen LogP contribution in [0.1, 0.15) is 89.3 Å². The summed E-state index contributed by atoms with van der Waals surface area (Å²) in [7, 11) is 0. The van der Waals surface area contributed by atoms with Crippen molar-refractivity contribution in [2.75, 3.05) is 5.32 Å². The highest BCUT2D eigenvalue weighted by atomic mass is 16.7. The van der Waals surface area contributed by atoms with Gasteiger partial charge < -0.3 is 20.6 Å². The number of oxime groups is 1. The zero-order valence-electron chi connectivity index (χ0n) is 22.0. The normalized spacial score (nSPS) is 27.6. The minimum absolute atomic E-state index is 0.0979. The van der Waals surface area contributed by atoms with E-state index in [1.165, 1.54) is 0 Å². The quantitative estimate of drug-likeness (QED) is 0.510. The van der Waals surface area contributed by atoms with E-state index < -0.39 is 5.97 Å². The van der Waals surface area contributed by atoms with Crippen LogP contribution in [0.3, 0.4) is 0 Å². The Morgan fingerprint density at radius 1 is 1.14 bits per heavy atom. The lowest BCUT2D eigenvalue weighted by Crippen LogP contribution is -2.43. The smallest absolute Gasteiger partial charge is 0.306 e. The Morgan fingerprint density at radius 3 is 2.51 bits per heavy atom. The summed E-state index contributed by atoms with van der Waals surface area (Å²) in [5.74, 6) is -0.859. The van der Waals surface area contributed by atoms with Gasteiger partial charge in [-0.2, -0.15) is 5.10 Å². The van der Waals surface area contributed by atoms with Gasteiger partial charge in [-0.1, -0.05) is 12.1 Å². The zero-order chi connectivity index (χ0) is 26.2. The van der Waals surface area contributed by atoms with Crippen molar-refractivity contribution < 1.29 is 19.5 Å². The van der Waals surface area contributed by atoms with E-state index in [1.807, 2.05) is 24.7 Å². The van der Waals surface area contributed by atoms with Gasteiger partial charge in [0.15, 0.2) is 5.65 Å². The minimum atomic E-state index is -0.697. The molecule has 3 heterocycles. The van der Waals surface area contributed by atoms with Gasteiger partial charge in [0.1, 0.15) is 5.60 Å². The maximum atomic E-state index is 11.8. The fourth-order valence-corrected chi connectivity index (χ4v) is 6.15. The van der Waals surface area contributed by atoms with Crippen LogP contribution in [-0.4, -0.2) is 55.1 Å². The maximum Gasteiger partial charge on any atom is 0.306 e. The minimum Gasteiger partial charge on any atom is -0.481 e. The van der Waals surface area contributed by atoms with Crippen molar-refractivity contribution in [3.8, 4) is 0 Å². The summed E-state index contributed by atoms with van der Waals surface area (Å²) in [6.07, 6.45) is 9.50. The van der Waals surface area contributed by atoms with Gasteiger partial charge in [0.25, 0.3) is 0 Å². The molecule has 2 fully saturated rings. The van der Waals surface area contributed by atoms with Gasteiger partial charge in [-0.15, -0.1) is 0 Å². The molecule has 0 saturated heterocycles. The largest absolute Gasteiger partial charge is 0.481 e. The second-order valence-corrected chi connectivity index (χ2v) is 10.9. The predicted octanol–water partition coefficient (Wildman–Crippen LogP) is 4.15. The molecule has 200 valence electrons. The van der Waals surface area contributed by atoms with E-state index in [2.05, 4.69) is 22.7 Å². The number of aliphatic carboxylic acids is 1. The zero-order valence-corrected chi connectivity index (χ0v) is 22.0. The number of aromatic nitrogens is 3. The Bertz CT molecular complexity index is 1210. The van der Waals surface area contributed by atoms with Crippen molar-refractivity contribution in [2.24, 2.45) is 11.1 Å². The molecule has 2 aliphatic carbocycles. The van der Waals surface area contributed by atoms with Crippen LogP contribution in [0.2, 0.25) is 0 Å². The Kier molecular flexibility index (Phi) is 7.09. The van der Waals surface area contributed by atoms with Crippen LogP contribution in [0.15, 0.2) is 11.4 Å². The number of nitrogens with one attached hydrogen (secondary N) is 2. The van der Waals surface area contributed by atoms with Crippen LogP contribution >= 0.6 is 0 Å². The number of amides is 1. The van der Waals surface area contributed by atoms with Crippen LogP contribution in [0.5, 0.6) is 0 Å². The van der Waals surface area contributed by atoms with Crippen molar-refractivity contribution in [1.29, 1.82) is 0 Å². The van der Waals surface area contributed by atoms with Crippen molar-refractivity contribution >= 4 is 34.3 Å². The van der Waals surface area contributed by atoms with Gasteiger partial charge in [-0.3, -0.25) is 9.59 Å². The number of pyridine rings is 1. The molecule has 0 unspecified atom stereocenters. The lowest BCUT2D eigenvalue weighted by Gasteiger charge is -2.35. The number of carbonyl (C=O) groups excluding carboxylic acids is 1. The van der Waals surface area contributed by atoms with E-state index >= 15 is 0 Å². The molecular weight excluding hydrogens is 472 g/mol. The molecule has 2 aromatic heterocycles. The first-order valence-electron chi connectivity index (χ1n) is 13.7. The summed E-state index contributed by atoms with van der Waals surface area (Å²) >= 11 is 0. The average Bonchev–Trinajstić information content (AvgIpc) is 3.46. The molecule has 0 atom stereocenters. The number of nitrogens with zero attached hydrogens (tertiary/aromatic N) is 4. The lowest BCUT2D eigenvalue weighted by molar-refractivity contribution is -0.142. The van der Waals surface area contributed by atoms with Gasteiger partial charge >= 0.3 is 5.97 Å². The van der Waals surface area contributed by atoms with Crippen LogP contribution in [0.4, 0.5) is 5.69 Å². The van der Waals surface area contributed by atoms with Crippen LogP contribution in [0, 0.1) is 12.8 Å². The third-order valence-corrected chi connectivity index (χ3v) is 8.39. The predicted molar refractivity (Wildman–Crippen MR) is 141 cm³/mol. The molecule has 3 N–H and O–H groups in total. The molecule has 37 heavy (non-hydrogen) atoms. The number of hydrogen-bond donors (Lipinski definition) is 3. The molecular formula is C27H38N6O4. The van der Waals surface area contributed by atoms with E-state index in [1.54, 1.807) is 0 Å². The molecule has 1 amide bonds. The summed E-state index contributed by atoms with van der Waals surface area (Å²) in [6, 6.07) is 0.378. The first kappa shape index (κ1) is 25.5. The van der Waals surface area contributed by atoms with Gasteiger partial charge in [-0.25, -0.2) is 9.67 Å². The summed E-state index contributed by atoms with van der Waals surface area (Å²) in [6.45, 7) is 6.66. The number of hydrogen-bond acceptors (Lipinski definition) is 7. The SMILES string of the molecule is CCC(=O)NC1CCC2(CC1)CC(c1cnc3c(c(C)nn3CC)c1NC1CCC(C(=O)O)CC1)=NO2. The van der Waals surface area contributed by atoms with Crippen LogP contribution < -0.4 is 10.6 Å². The Labute approximate surface area is 217 Å². The molecule has 10 heteroatoms. The highest BCUT2D eigenvalue weighted by molar-refractivity contribution is 6.11. The van der Waals surface area contributed by atoms with Crippen molar-refractivity contribution in [3.05, 3.63) is 17.5 Å². The van der Waals surface area contributed by atoms with E-state index in [4.69, 9.17) is 14.9 Å². The Hall–Kier alpha value is -3.17. The molecule has 1 spiro atoms. The third-order valence-electron chi connectivity index (χ3n) is 8.39. The molecule has 0 radical (unpaired) electrons. The monoisotopic (exact) mass is 510 g/mol. The Morgan fingerprint density at radius 2 is 1.86 bits per heavy atom. The Balaban J connectivity index is 1.39. The van der Waals surface area contributed by atoms with Crippen molar-refractivity contribution in [3.63, 3.8) is 0 Å². The number of anilines is 1. The molecule has 0 bridgehead atoms. The highest BCUT2D eigenvalue weighted by Gasteiger charge is 2.43. The molecule has 0 aromatic carbocycles.